The molecule has 0 saturated heterocycles. The Bertz CT molecular complexity index is 1230. The molecular weight excluding hydrogens is 438 g/mol. The number of pyridine rings is 1. The topological polar surface area (TPSA) is 59.4 Å². The van der Waals surface area contributed by atoms with Gasteiger partial charge < -0.3 is 9.84 Å². The second-order valence-corrected chi connectivity index (χ2v) is 7.61. The molecule has 1 heterocycles. The third kappa shape index (κ3) is 4.89. The van der Waals surface area contributed by atoms with Crippen LogP contribution in [0.4, 0.5) is 17.6 Å². The van der Waals surface area contributed by atoms with Gasteiger partial charge in [-0.3, -0.25) is 0 Å². The molecule has 0 amide bonds. The van der Waals surface area contributed by atoms with Crippen molar-refractivity contribution in [1.82, 2.24) is 4.98 Å². The van der Waals surface area contributed by atoms with E-state index in [1.807, 2.05) is 0 Å². The van der Waals surface area contributed by atoms with E-state index in [1.54, 1.807) is 24.3 Å². The van der Waals surface area contributed by atoms with E-state index in [2.05, 4.69) is 4.98 Å². The summed E-state index contributed by atoms with van der Waals surface area (Å²) < 4.78 is 60.2. The maximum atomic E-state index is 14.0. The summed E-state index contributed by atoms with van der Waals surface area (Å²) in [5.74, 6) is -1.47. The van der Waals surface area contributed by atoms with Crippen molar-refractivity contribution in [3.63, 3.8) is 0 Å². The number of nitrogens with zero attached hydrogens (tertiary/aromatic N) is 1. The first-order valence-corrected chi connectivity index (χ1v) is 10.2. The van der Waals surface area contributed by atoms with Crippen LogP contribution in [0.25, 0.3) is 11.1 Å². The van der Waals surface area contributed by atoms with Crippen LogP contribution in [-0.2, 0) is 12.8 Å². The number of benzene rings is 2. The van der Waals surface area contributed by atoms with Gasteiger partial charge in [-0.1, -0.05) is 24.3 Å². The van der Waals surface area contributed by atoms with E-state index in [-0.39, 0.29) is 29.2 Å². The second-order valence-electron chi connectivity index (χ2n) is 7.61. The van der Waals surface area contributed by atoms with Gasteiger partial charge in [-0.2, -0.15) is 13.2 Å². The standard InChI is InChI=1S/C25H19F4NO3/c26-20-8-2-1-5-15(20)14-33-23-12-11-16(25(27,28)29)13-19(23)17-6-3-7-18(17)21-9-4-10-22(30-21)24(31)32/h1-2,4-5,8-13H,3,6-7,14H2,(H,31,32). The number of carboxylic acid groups (broad SMARTS) is 1. The van der Waals surface area contributed by atoms with Crippen LogP contribution in [-0.4, -0.2) is 16.1 Å². The Labute approximate surface area is 187 Å². The average Bonchev–Trinajstić information content (AvgIpc) is 3.28. The van der Waals surface area contributed by atoms with E-state index in [4.69, 9.17) is 4.74 Å². The van der Waals surface area contributed by atoms with Crippen LogP contribution in [0.1, 0.15) is 52.1 Å². The van der Waals surface area contributed by atoms with Crippen LogP contribution in [0.3, 0.4) is 0 Å². The van der Waals surface area contributed by atoms with Gasteiger partial charge >= 0.3 is 12.1 Å². The quantitative estimate of drug-likeness (QED) is 0.423. The van der Waals surface area contributed by atoms with Crippen molar-refractivity contribution in [3.05, 3.63) is 94.6 Å². The number of aromatic nitrogens is 1. The van der Waals surface area contributed by atoms with Gasteiger partial charge in [0, 0.05) is 11.1 Å². The lowest BCUT2D eigenvalue weighted by molar-refractivity contribution is -0.137. The molecule has 0 radical (unpaired) electrons. The zero-order valence-corrected chi connectivity index (χ0v) is 17.3. The molecule has 1 aromatic heterocycles. The minimum Gasteiger partial charge on any atom is -0.488 e. The van der Waals surface area contributed by atoms with Crippen LogP contribution in [0.5, 0.6) is 5.75 Å². The van der Waals surface area contributed by atoms with E-state index >= 15 is 0 Å². The summed E-state index contributed by atoms with van der Waals surface area (Å²) in [5.41, 5.74) is 1.23. The fourth-order valence-electron chi connectivity index (χ4n) is 3.88. The molecule has 0 unspecified atom stereocenters. The predicted molar refractivity (Wildman–Crippen MR) is 114 cm³/mol. The number of allylic oxidation sites excluding steroid dienone is 2. The minimum atomic E-state index is -4.56. The molecule has 1 aliphatic rings. The molecule has 0 atom stereocenters. The van der Waals surface area contributed by atoms with Gasteiger partial charge in [-0.05, 0) is 66.8 Å². The number of hydrogen-bond donors (Lipinski definition) is 1. The van der Waals surface area contributed by atoms with Crippen molar-refractivity contribution in [2.24, 2.45) is 0 Å². The third-order valence-electron chi connectivity index (χ3n) is 5.47. The summed E-state index contributed by atoms with van der Waals surface area (Å²) in [5, 5.41) is 9.25. The summed E-state index contributed by atoms with van der Waals surface area (Å²) in [6.07, 6.45) is -2.87. The van der Waals surface area contributed by atoms with E-state index in [0.717, 1.165) is 12.1 Å². The Hall–Kier alpha value is -3.68. The Morgan fingerprint density at radius 3 is 2.48 bits per heavy atom. The van der Waals surface area contributed by atoms with Crippen molar-refractivity contribution in [2.75, 3.05) is 0 Å². The molecule has 3 aromatic rings. The molecule has 4 nitrogen and oxygen atoms in total. The first-order valence-electron chi connectivity index (χ1n) is 10.2. The molecular formula is C25H19F4NO3. The zero-order valence-electron chi connectivity index (χ0n) is 17.3. The molecule has 33 heavy (non-hydrogen) atoms. The molecule has 8 heteroatoms. The molecule has 0 bridgehead atoms. The predicted octanol–water partition coefficient (Wildman–Crippen LogP) is 6.61. The molecule has 1 aliphatic carbocycles. The number of carbonyl (C=O) groups is 1. The van der Waals surface area contributed by atoms with E-state index < -0.39 is 23.5 Å². The molecule has 0 fully saturated rings. The smallest absolute Gasteiger partial charge is 0.416 e. The highest BCUT2D eigenvalue weighted by molar-refractivity contribution is 5.94. The number of carboxylic acids is 1. The second kappa shape index (κ2) is 9.05. The van der Waals surface area contributed by atoms with Gasteiger partial charge in [-0.25, -0.2) is 14.2 Å². The van der Waals surface area contributed by atoms with Crippen LogP contribution < -0.4 is 4.74 Å². The maximum absolute atomic E-state index is 14.0. The normalized spacial score (nSPS) is 13.9. The largest absolute Gasteiger partial charge is 0.488 e. The zero-order chi connectivity index (χ0) is 23.6. The first kappa shape index (κ1) is 22.5. The van der Waals surface area contributed by atoms with E-state index in [0.29, 0.717) is 36.1 Å². The summed E-state index contributed by atoms with van der Waals surface area (Å²) in [6, 6.07) is 13.8. The van der Waals surface area contributed by atoms with E-state index in [9.17, 15) is 27.5 Å². The number of halogens is 4. The van der Waals surface area contributed by atoms with Crippen molar-refractivity contribution in [1.29, 1.82) is 0 Å². The number of ether oxygens (including phenoxy) is 1. The Morgan fingerprint density at radius 2 is 1.76 bits per heavy atom. The fraction of sp³-hybridized carbons (Fsp3) is 0.200. The van der Waals surface area contributed by atoms with Crippen LogP contribution in [0, 0.1) is 5.82 Å². The van der Waals surface area contributed by atoms with Gasteiger partial charge in [0.2, 0.25) is 0 Å². The summed E-state index contributed by atoms with van der Waals surface area (Å²) >= 11 is 0. The van der Waals surface area contributed by atoms with Crippen LogP contribution >= 0.6 is 0 Å². The molecule has 170 valence electrons. The molecule has 0 spiro atoms. The fourth-order valence-corrected chi connectivity index (χ4v) is 3.88. The lowest BCUT2D eigenvalue weighted by Crippen LogP contribution is -2.07. The third-order valence-corrected chi connectivity index (χ3v) is 5.47. The summed E-state index contributed by atoms with van der Waals surface area (Å²) in [7, 11) is 0. The summed E-state index contributed by atoms with van der Waals surface area (Å²) in [4.78, 5) is 15.5. The molecule has 2 aromatic carbocycles. The van der Waals surface area contributed by atoms with Crippen molar-refractivity contribution in [2.45, 2.75) is 32.0 Å². The molecule has 0 aliphatic heterocycles. The number of rotatable bonds is 6. The van der Waals surface area contributed by atoms with Gasteiger partial charge in [-0.15, -0.1) is 0 Å². The van der Waals surface area contributed by atoms with Crippen LogP contribution in [0.15, 0.2) is 60.7 Å². The van der Waals surface area contributed by atoms with Crippen molar-refractivity contribution >= 4 is 17.1 Å². The number of aromatic carboxylic acids is 1. The first-order chi connectivity index (χ1) is 15.7. The lowest BCUT2D eigenvalue weighted by Gasteiger charge is -2.17. The Balaban J connectivity index is 1.79. The van der Waals surface area contributed by atoms with Gasteiger partial charge in [0.25, 0.3) is 0 Å². The van der Waals surface area contributed by atoms with Crippen molar-refractivity contribution < 1.29 is 32.2 Å². The van der Waals surface area contributed by atoms with Crippen LogP contribution in [0.2, 0.25) is 0 Å². The average molecular weight is 457 g/mol. The monoisotopic (exact) mass is 457 g/mol. The van der Waals surface area contributed by atoms with E-state index in [1.165, 1.54) is 24.3 Å². The Kier molecular flexibility index (Phi) is 6.18. The van der Waals surface area contributed by atoms with Crippen molar-refractivity contribution in [3.8, 4) is 5.75 Å². The van der Waals surface area contributed by atoms with Gasteiger partial charge in [0.05, 0.1) is 11.3 Å². The molecule has 1 N–H and O–H groups in total. The number of alkyl halides is 3. The lowest BCUT2D eigenvalue weighted by atomic mass is 9.97. The highest BCUT2D eigenvalue weighted by atomic mass is 19.4. The Morgan fingerprint density at radius 1 is 1.00 bits per heavy atom. The number of hydrogen-bond acceptors (Lipinski definition) is 3. The highest BCUT2D eigenvalue weighted by Crippen LogP contribution is 2.44. The molecule has 4 rings (SSSR count). The van der Waals surface area contributed by atoms with Gasteiger partial charge in [0.15, 0.2) is 0 Å². The van der Waals surface area contributed by atoms with Gasteiger partial charge in [0.1, 0.15) is 23.9 Å². The minimum absolute atomic E-state index is 0.147. The SMILES string of the molecule is O=C(O)c1cccc(C2=C(c3cc(C(F)(F)F)ccc3OCc3ccccc3F)CCC2)n1. The summed E-state index contributed by atoms with van der Waals surface area (Å²) in [6.45, 7) is -0.152. The maximum Gasteiger partial charge on any atom is 0.416 e. The highest BCUT2D eigenvalue weighted by Gasteiger charge is 2.32. The molecule has 0 saturated carbocycles.